The first kappa shape index (κ1) is 19.3. The van der Waals surface area contributed by atoms with Crippen LogP contribution in [0.3, 0.4) is 0 Å². The minimum Gasteiger partial charge on any atom is -0.385 e. The summed E-state index contributed by atoms with van der Waals surface area (Å²) in [6.45, 7) is 2.19. The Morgan fingerprint density at radius 1 is 1.17 bits per heavy atom. The lowest BCUT2D eigenvalue weighted by Crippen LogP contribution is -2.38. The summed E-state index contributed by atoms with van der Waals surface area (Å²) in [6, 6.07) is 7.06. The zero-order valence-electron chi connectivity index (χ0n) is 13.7. The predicted octanol–water partition coefficient (Wildman–Crippen LogP) is 2.26. The number of rotatable bonds is 9. The molecule has 6 nitrogen and oxygen atoms in total. The van der Waals surface area contributed by atoms with Gasteiger partial charge >= 0.3 is 0 Å². The summed E-state index contributed by atoms with van der Waals surface area (Å²) in [5, 5.41) is 9.84. The minimum absolute atomic E-state index is 0.0165. The van der Waals surface area contributed by atoms with E-state index in [4.69, 9.17) is 16.3 Å². The molecular weight excluding hydrogens is 316 g/mol. The van der Waals surface area contributed by atoms with Crippen LogP contribution in [-0.2, 0) is 9.53 Å². The van der Waals surface area contributed by atoms with E-state index in [1.165, 1.54) is 0 Å². The average molecular weight is 341 g/mol. The first-order valence-electron chi connectivity index (χ1n) is 7.64. The fourth-order valence-corrected chi connectivity index (χ4v) is 1.98. The summed E-state index contributed by atoms with van der Waals surface area (Å²) in [4.78, 5) is 15.9. The monoisotopic (exact) mass is 340 g/mol. The zero-order valence-corrected chi connectivity index (χ0v) is 14.4. The summed E-state index contributed by atoms with van der Waals surface area (Å²) < 4.78 is 4.99. The van der Waals surface area contributed by atoms with Gasteiger partial charge in [-0.15, -0.1) is 0 Å². The van der Waals surface area contributed by atoms with Gasteiger partial charge in [-0.25, -0.2) is 0 Å². The lowest BCUT2D eigenvalue weighted by atomic mass is 10.2. The topological polar surface area (TPSA) is 74.8 Å². The number of halogens is 1. The molecule has 128 valence electrons. The van der Waals surface area contributed by atoms with Crippen LogP contribution in [0.1, 0.15) is 19.3 Å². The number of ether oxygens (including phenoxy) is 1. The fourth-order valence-electron chi connectivity index (χ4n) is 1.86. The molecule has 0 aliphatic heterocycles. The summed E-state index contributed by atoms with van der Waals surface area (Å²) in [5.41, 5.74) is 0.753. The first-order valence-corrected chi connectivity index (χ1v) is 8.02. The Hall–Kier alpha value is -1.79. The highest BCUT2D eigenvalue weighted by molar-refractivity contribution is 6.30. The summed E-state index contributed by atoms with van der Waals surface area (Å²) in [6.07, 6.45) is 2.08. The number of nitrogens with one attached hydrogen (secondary N) is 3. The average Bonchev–Trinajstić information content (AvgIpc) is 2.55. The van der Waals surface area contributed by atoms with Gasteiger partial charge in [0.15, 0.2) is 5.96 Å². The van der Waals surface area contributed by atoms with Crippen LogP contribution in [0.25, 0.3) is 0 Å². The number of carbonyl (C=O) groups is 1. The third-order valence-corrected chi connectivity index (χ3v) is 3.29. The second-order valence-electron chi connectivity index (χ2n) is 4.93. The highest BCUT2D eigenvalue weighted by atomic mass is 35.5. The van der Waals surface area contributed by atoms with Gasteiger partial charge in [0.1, 0.15) is 0 Å². The number of nitrogens with zero attached hydrogens (tertiary/aromatic N) is 1. The molecule has 3 N–H and O–H groups in total. The molecule has 1 aromatic carbocycles. The maximum absolute atomic E-state index is 11.8. The molecule has 0 aliphatic rings. The third kappa shape index (κ3) is 9.05. The minimum atomic E-state index is -0.0165. The molecule has 0 unspecified atom stereocenters. The number of hydrogen-bond donors (Lipinski definition) is 3. The lowest BCUT2D eigenvalue weighted by molar-refractivity contribution is -0.116. The van der Waals surface area contributed by atoms with Gasteiger partial charge in [0.05, 0.1) is 0 Å². The van der Waals surface area contributed by atoms with Gasteiger partial charge in [-0.1, -0.05) is 11.6 Å². The SMILES string of the molecule is CN=C(NCCCOC)NCCCC(=O)Nc1ccc(Cl)cc1. The number of benzene rings is 1. The number of carbonyl (C=O) groups excluding carboxylic acids is 1. The van der Waals surface area contributed by atoms with E-state index in [2.05, 4.69) is 20.9 Å². The molecule has 0 aromatic heterocycles. The van der Waals surface area contributed by atoms with Crippen LogP contribution in [-0.4, -0.2) is 45.7 Å². The molecule has 0 saturated heterocycles. The number of methoxy groups -OCH3 is 1. The van der Waals surface area contributed by atoms with Crippen molar-refractivity contribution in [1.82, 2.24) is 10.6 Å². The molecule has 1 amide bonds. The Kier molecular flexibility index (Phi) is 9.83. The van der Waals surface area contributed by atoms with Gasteiger partial charge in [0, 0.05) is 51.0 Å². The molecule has 1 aromatic rings. The Bertz CT molecular complexity index is 491. The van der Waals surface area contributed by atoms with Crippen LogP contribution in [0.4, 0.5) is 5.69 Å². The summed E-state index contributed by atoms with van der Waals surface area (Å²) >= 11 is 5.80. The Balaban J connectivity index is 2.15. The fraction of sp³-hybridized carbons (Fsp3) is 0.500. The van der Waals surface area contributed by atoms with Crippen molar-refractivity contribution in [3.8, 4) is 0 Å². The van der Waals surface area contributed by atoms with Crippen molar-refractivity contribution in [3.05, 3.63) is 29.3 Å². The van der Waals surface area contributed by atoms with Crippen LogP contribution in [0.15, 0.2) is 29.3 Å². The van der Waals surface area contributed by atoms with Crippen molar-refractivity contribution in [2.75, 3.05) is 39.2 Å². The third-order valence-electron chi connectivity index (χ3n) is 3.04. The number of anilines is 1. The Morgan fingerprint density at radius 3 is 2.43 bits per heavy atom. The highest BCUT2D eigenvalue weighted by Gasteiger charge is 2.03. The van der Waals surface area contributed by atoms with E-state index in [-0.39, 0.29) is 5.91 Å². The quantitative estimate of drug-likeness (QED) is 0.366. The molecular formula is C16H25ClN4O2. The number of aliphatic imine (C=N–C) groups is 1. The van der Waals surface area contributed by atoms with Crippen LogP contribution in [0, 0.1) is 0 Å². The van der Waals surface area contributed by atoms with E-state index in [9.17, 15) is 4.79 Å². The Morgan fingerprint density at radius 2 is 1.83 bits per heavy atom. The van der Waals surface area contributed by atoms with Gasteiger partial charge in [-0.3, -0.25) is 9.79 Å². The van der Waals surface area contributed by atoms with Crippen molar-refractivity contribution in [1.29, 1.82) is 0 Å². The molecule has 1 rings (SSSR count). The van der Waals surface area contributed by atoms with Crippen molar-refractivity contribution in [3.63, 3.8) is 0 Å². The number of guanidine groups is 1. The summed E-state index contributed by atoms with van der Waals surface area (Å²) in [7, 11) is 3.40. The Labute approximate surface area is 142 Å². The van der Waals surface area contributed by atoms with Crippen molar-refractivity contribution in [2.45, 2.75) is 19.3 Å². The van der Waals surface area contributed by atoms with Gasteiger partial charge < -0.3 is 20.7 Å². The normalized spacial score (nSPS) is 11.2. The highest BCUT2D eigenvalue weighted by Crippen LogP contribution is 2.13. The van der Waals surface area contributed by atoms with E-state index in [1.807, 2.05) is 0 Å². The largest absolute Gasteiger partial charge is 0.385 e. The second-order valence-corrected chi connectivity index (χ2v) is 5.37. The van der Waals surface area contributed by atoms with Crippen molar-refractivity contribution in [2.24, 2.45) is 4.99 Å². The number of hydrogen-bond acceptors (Lipinski definition) is 3. The molecule has 0 radical (unpaired) electrons. The molecule has 0 atom stereocenters. The first-order chi connectivity index (χ1) is 11.2. The maximum Gasteiger partial charge on any atom is 0.224 e. The van der Waals surface area contributed by atoms with Crippen molar-refractivity contribution < 1.29 is 9.53 Å². The van der Waals surface area contributed by atoms with Gasteiger partial charge in [-0.05, 0) is 37.1 Å². The molecule has 7 heteroatoms. The van der Waals surface area contributed by atoms with Crippen LogP contribution in [0.2, 0.25) is 5.02 Å². The molecule has 0 bridgehead atoms. The number of amides is 1. The second kappa shape index (κ2) is 11.7. The van der Waals surface area contributed by atoms with E-state index in [1.54, 1.807) is 38.4 Å². The smallest absolute Gasteiger partial charge is 0.224 e. The van der Waals surface area contributed by atoms with E-state index in [0.717, 1.165) is 37.6 Å². The van der Waals surface area contributed by atoms with E-state index in [0.29, 0.717) is 18.0 Å². The molecule has 0 spiro atoms. The molecule has 0 fully saturated rings. The van der Waals surface area contributed by atoms with E-state index >= 15 is 0 Å². The van der Waals surface area contributed by atoms with Gasteiger partial charge in [-0.2, -0.15) is 0 Å². The van der Waals surface area contributed by atoms with Crippen LogP contribution in [0.5, 0.6) is 0 Å². The maximum atomic E-state index is 11.8. The van der Waals surface area contributed by atoms with Gasteiger partial charge in [0.2, 0.25) is 5.91 Å². The van der Waals surface area contributed by atoms with E-state index < -0.39 is 0 Å². The van der Waals surface area contributed by atoms with Crippen LogP contribution >= 0.6 is 11.6 Å². The zero-order chi connectivity index (χ0) is 16.9. The molecule has 0 aliphatic carbocycles. The van der Waals surface area contributed by atoms with Crippen LogP contribution < -0.4 is 16.0 Å². The summed E-state index contributed by atoms with van der Waals surface area (Å²) in [5.74, 6) is 0.719. The van der Waals surface area contributed by atoms with Gasteiger partial charge in [0.25, 0.3) is 0 Å². The molecule has 0 heterocycles. The standard InChI is InChI=1S/C16H25ClN4O2/c1-18-16(20-11-4-12-23-2)19-10-3-5-15(22)21-14-8-6-13(17)7-9-14/h6-9H,3-5,10-12H2,1-2H3,(H,21,22)(H2,18,19,20). The lowest BCUT2D eigenvalue weighted by Gasteiger charge is -2.11. The molecule has 0 saturated carbocycles. The van der Waals surface area contributed by atoms with Crippen molar-refractivity contribution >= 4 is 29.2 Å². The predicted molar refractivity (Wildman–Crippen MR) is 95.2 cm³/mol. The molecule has 23 heavy (non-hydrogen) atoms.